The SMILES string of the molecule is CCCCCCCCc1nn(C)c(N)c1CCC. The molecule has 0 aliphatic rings. The Kier molecular flexibility index (Phi) is 6.84. The summed E-state index contributed by atoms with van der Waals surface area (Å²) < 4.78 is 1.83. The fraction of sp³-hybridized carbons (Fsp3) is 0.800. The number of rotatable bonds is 9. The van der Waals surface area contributed by atoms with Gasteiger partial charge in [-0.2, -0.15) is 5.10 Å². The lowest BCUT2D eigenvalue weighted by atomic mass is 10.0. The van der Waals surface area contributed by atoms with Crippen molar-refractivity contribution in [1.82, 2.24) is 9.78 Å². The molecule has 0 amide bonds. The molecule has 3 nitrogen and oxygen atoms in total. The highest BCUT2D eigenvalue weighted by Crippen LogP contribution is 2.20. The molecule has 0 unspecified atom stereocenters. The molecule has 0 spiro atoms. The van der Waals surface area contributed by atoms with Crippen LogP contribution in [0.2, 0.25) is 0 Å². The Morgan fingerprint density at radius 1 is 0.944 bits per heavy atom. The number of aryl methyl sites for hydroxylation is 2. The largest absolute Gasteiger partial charge is 0.384 e. The first-order valence-corrected chi connectivity index (χ1v) is 7.50. The van der Waals surface area contributed by atoms with E-state index in [2.05, 4.69) is 18.9 Å². The van der Waals surface area contributed by atoms with E-state index in [9.17, 15) is 0 Å². The fourth-order valence-corrected chi connectivity index (χ4v) is 2.43. The Balaban J connectivity index is 2.39. The number of unbranched alkanes of at least 4 members (excludes halogenated alkanes) is 5. The molecule has 0 saturated heterocycles. The van der Waals surface area contributed by atoms with Gasteiger partial charge in [-0.25, -0.2) is 0 Å². The van der Waals surface area contributed by atoms with Crippen LogP contribution in [0.4, 0.5) is 5.82 Å². The molecule has 0 saturated carbocycles. The van der Waals surface area contributed by atoms with E-state index in [1.54, 1.807) is 0 Å². The second-order valence-corrected chi connectivity index (χ2v) is 5.20. The van der Waals surface area contributed by atoms with Gasteiger partial charge < -0.3 is 5.73 Å². The third kappa shape index (κ3) is 4.35. The molecule has 1 aromatic heterocycles. The van der Waals surface area contributed by atoms with Crippen molar-refractivity contribution >= 4 is 5.82 Å². The van der Waals surface area contributed by atoms with Crippen LogP contribution in [0.3, 0.4) is 0 Å². The third-order valence-electron chi connectivity index (χ3n) is 3.54. The van der Waals surface area contributed by atoms with Crippen molar-refractivity contribution in [3.63, 3.8) is 0 Å². The van der Waals surface area contributed by atoms with Crippen LogP contribution in [0, 0.1) is 0 Å². The minimum Gasteiger partial charge on any atom is -0.384 e. The van der Waals surface area contributed by atoms with Gasteiger partial charge in [-0.1, -0.05) is 52.4 Å². The minimum absolute atomic E-state index is 0.859. The molecule has 0 bridgehead atoms. The molecule has 3 heteroatoms. The molecule has 1 aromatic rings. The lowest BCUT2D eigenvalue weighted by Crippen LogP contribution is -1.99. The summed E-state index contributed by atoms with van der Waals surface area (Å²) in [6, 6.07) is 0. The van der Waals surface area contributed by atoms with Crippen molar-refractivity contribution in [1.29, 1.82) is 0 Å². The van der Waals surface area contributed by atoms with Crippen LogP contribution in [-0.4, -0.2) is 9.78 Å². The van der Waals surface area contributed by atoms with E-state index in [-0.39, 0.29) is 0 Å². The smallest absolute Gasteiger partial charge is 0.124 e. The standard InChI is InChI=1S/C15H29N3/c1-4-6-7-8-9-10-12-14-13(11-5-2)15(16)18(3)17-14/h4-12,16H2,1-3H3. The quantitative estimate of drug-likeness (QED) is 0.677. The number of nitrogen functional groups attached to an aromatic ring is 1. The van der Waals surface area contributed by atoms with Crippen molar-refractivity contribution in [2.24, 2.45) is 7.05 Å². The van der Waals surface area contributed by atoms with Crippen LogP contribution in [0.5, 0.6) is 0 Å². The highest BCUT2D eigenvalue weighted by Gasteiger charge is 2.12. The van der Waals surface area contributed by atoms with Crippen molar-refractivity contribution in [3.05, 3.63) is 11.3 Å². The lowest BCUT2D eigenvalue weighted by molar-refractivity contribution is 0.600. The van der Waals surface area contributed by atoms with Crippen LogP contribution >= 0.6 is 0 Å². The molecule has 0 aliphatic heterocycles. The van der Waals surface area contributed by atoms with E-state index >= 15 is 0 Å². The third-order valence-corrected chi connectivity index (χ3v) is 3.54. The average Bonchev–Trinajstić information content (AvgIpc) is 2.62. The topological polar surface area (TPSA) is 43.8 Å². The van der Waals surface area contributed by atoms with Crippen LogP contribution in [0.15, 0.2) is 0 Å². The average molecular weight is 251 g/mol. The number of aromatic nitrogens is 2. The van der Waals surface area contributed by atoms with Crippen molar-refractivity contribution in [2.45, 2.75) is 71.6 Å². The molecule has 0 aliphatic carbocycles. The van der Waals surface area contributed by atoms with Crippen molar-refractivity contribution < 1.29 is 0 Å². The summed E-state index contributed by atoms with van der Waals surface area (Å²) >= 11 is 0. The molecule has 0 fully saturated rings. The number of anilines is 1. The van der Waals surface area contributed by atoms with Gasteiger partial charge in [-0.15, -0.1) is 0 Å². The Hall–Kier alpha value is -0.990. The molecule has 1 heterocycles. The maximum absolute atomic E-state index is 6.06. The van der Waals surface area contributed by atoms with Gasteiger partial charge >= 0.3 is 0 Å². The minimum atomic E-state index is 0.859. The predicted octanol–water partition coefficient (Wildman–Crippen LogP) is 3.86. The van der Waals surface area contributed by atoms with Crippen molar-refractivity contribution in [3.8, 4) is 0 Å². The van der Waals surface area contributed by atoms with E-state index in [0.29, 0.717) is 0 Å². The van der Waals surface area contributed by atoms with Crippen LogP contribution in [0.25, 0.3) is 0 Å². The first kappa shape index (κ1) is 15.1. The highest BCUT2D eigenvalue weighted by molar-refractivity contribution is 5.43. The zero-order valence-corrected chi connectivity index (χ0v) is 12.3. The molecule has 18 heavy (non-hydrogen) atoms. The van der Waals surface area contributed by atoms with Gasteiger partial charge in [-0.05, 0) is 19.3 Å². The van der Waals surface area contributed by atoms with Crippen molar-refractivity contribution in [2.75, 3.05) is 5.73 Å². The van der Waals surface area contributed by atoms with Crippen LogP contribution in [-0.2, 0) is 19.9 Å². The summed E-state index contributed by atoms with van der Waals surface area (Å²) in [5.74, 6) is 0.859. The predicted molar refractivity (Wildman–Crippen MR) is 78.7 cm³/mol. The summed E-state index contributed by atoms with van der Waals surface area (Å²) in [4.78, 5) is 0. The second kappa shape index (κ2) is 8.17. The maximum Gasteiger partial charge on any atom is 0.124 e. The summed E-state index contributed by atoms with van der Waals surface area (Å²) in [6.07, 6.45) is 11.3. The fourth-order valence-electron chi connectivity index (χ4n) is 2.43. The number of hydrogen-bond acceptors (Lipinski definition) is 2. The Morgan fingerprint density at radius 3 is 2.28 bits per heavy atom. The van der Waals surface area contributed by atoms with Gasteiger partial charge in [0.1, 0.15) is 5.82 Å². The van der Waals surface area contributed by atoms with Gasteiger partial charge in [0.15, 0.2) is 0 Å². The van der Waals surface area contributed by atoms with Gasteiger partial charge in [0.05, 0.1) is 5.69 Å². The number of nitrogens with two attached hydrogens (primary N) is 1. The van der Waals surface area contributed by atoms with E-state index in [1.165, 1.54) is 49.8 Å². The highest BCUT2D eigenvalue weighted by atomic mass is 15.3. The van der Waals surface area contributed by atoms with Gasteiger partial charge in [-0.3, -0.25) is 4.68 Å². The molecule has 104 valence electrons. The summed E-state index contributed by atoms with van der Waals surface area (Å²) in [7, 11) is 1.94. The van der Waals surface area contributed by atoms with E-state index < -0.39 is 0 Å². The molecule has 1 rings (SSSR count). The Labute approximate surface area is 112 Å². The Bertz CT molecular complexity index is 342. The van der Waals surface area contributed by atoms with Crippen LogP contribution in [0.1, 0.15) is 70.1 Å². The zero-order chi connectivity index (χ0) is 13.4. The first-order chi connectivity index (χ1) is 8.70. The van der Waals surface area contributed by atoms with Gasteiger partial charge in [0.2, 0.25) is 0 Å². The molecule has 0 radical (unpaired) electrons. The van der Waals surface area contributed by atoms with E-state index in [4.69, 9.17) is 5.73 Å². The molecular formula is C15H29N3. The molecule has 0 atom stereocenters. The molecule has 2 N–H and O–H groups in total. The lowest BCUT2D eigenvalue weighted by Gasteiger charge is -2.02. The zero-order valence-electron chi connectivity index (χ0n) is 12.3. The van der Waals surface area contributed by atoms with Gasteiger partial charge in [0, 0.05) is 12.6 Å². The maximum atomic E-state index is 6.06. The number of hydrogen-bond donors (Lipinski definition) is 1. The summed E-state index contributed by atoms with van der Waals surface area (Å²) in [5.41, 5.74) is 8.57. The van der Waals surface area contributed by atoms with E-state index in [0.717, 1.165) is 25.1 Å². The van der Waals surface area contributed by atoms with Crippen LogP contribution < -0.4 is 5.73 Å². The van der Waals surface area contributed by atoms with Gasteiger partial charge in [0.25, 0.3) is 0 Å². The molecular weight excluding hydrogens is 222 g/mol. The summed E-state index contributed by atoms with van der Waals surface area (Å²) in [6.45, 7) is 4.45. The Morgan fingerprint density at radius 2 is 1.61 bits per heavy atom. The number of nitrogens with zero attached hydrogens (tertiary/aromatic N) is 2. The monoisotopic (exact) mass is 251 g/mol. The van der Waals surface area contributed by atoms with E-state index in [1.807, 2.05) is 11.7 Å². The molecule has 0 aromatic carbocycles. The first-order valence-electron chi connectivity index (χ1n) is 7.50. The normalized spacial score (nSPS) is 11.1. The summed E-state index contributed by atoms with van der Waals surface area (Å²) in [5, 5.41) is 4.55. The second-order valence-electron chi connectivity index (χ2n) is 5.20.